The van der Waals surface area contributed by atoms with Crippen LogP contribution < -0.4 is 21.3 Å². The van der Waals surface area contributed by atoms with Gasteiger partial charge in [-0.05, 0) is 18.9 Å². The minimum absolute atomic E-state index is 0.120. The average molecular weight is 472 g/mol. The van der Waals surface area contributed by atoms with E-state index in [0.717, 1.165) is 60.6 Å². The molecule has 0 aliphatic carbocycles. The van der Waals surface area contributed by atoms with Crippen LogP contribution in [0.2, 0.25) is 5.02 Å². The van der Waals surface area contributed by atoms with Crippen molar-refractivity contribution in [1.29, 1.82) is 0 Å². The van der Waals surface area contributed by atoms with Gasteiger partial charge in [-0.25, -0.2) is 15.0 Å². The van der Waals surface area contributed by atoms with E-state index in [-0.39, 0.29) is 11.5 Å². The fourth-order valence-corrected chi connectivity index (χ4v) is 5.59. The number of aryl methyl sites for hydroxylation is 1. The number of nitrogen functional groups attached to an aromatic ring is 1. The predicted octanol–water partition coefficient (Wildman–Crippen LogP) is 2.43. The summed E-state index contributed by atoms with van der Waals surface area (Å²) < 4.78 is 1.84. The molecule has 11 heteroatoms. The number of nitrogens with zero attached hydrogens (tertiary/aromatic N) is 7. The van der Waals surface area contributed by atoms with E-state index in [4.69, 9.17) is 23.1 Å². The summed E-state index contributed by atoms with van der Waals surface area (Å²) in [5.74, 6) is 2.21. The summed E-state index contributed by atoms with van der Waals surface area (Å²) in [6, 6.07) is 4.03. The monoisotopic (exact) mass is 471 g/mol. The van der Waals surface area contributed by atoms with E-state index in [9.17, 15) is 0 Å². The van der Waals surface area contributed by atoms with Crippen molar-refractivity contribution < 1.29 is 0 Å². The van der Waals surface area contributed by atoms with Crippen LogP contribution in [0.5, 0.6) is 0 Å². The molecule has 2 aliphatic rings. The van der Waals surface area contributed by atoms with Crippen LogP contribution in [0.1, 0.15) is 12.8 Å². The molecule has 0 bridgehead atoms. The third kappa shape index (κ3) is 3.98. The first kappa shape index (κ1) is 21.3. The summed E-state index contributed by atoms with van der Waals surface area (Å²) in [5, 5.41) is 5.76. The molecule has 2 aliphatic heterocycles. The number of anilines is 3. The Bertz CT molecular complexity index is 1090. The van der Waals surface area contributed by atoms with Crippen molar-refractivity contribution in [2.24, 2.45) is 18.2 Å². The van der Waals surface area contributed by atoms with Crippen LogP contribution in [0.3, 0.4) is 0 Å². The second-order valence-corrected chi connectivity index (χ2v) is 9.95. The predicted molar refractivity (Wildman–Crippen MR) is 127 cm³/mol. The van der Waals surface area contributed by atoms with E-state index >= 15 is 0 Å². The van der Waals surface area contributed by atoms with Gasteiger partial charge in [0, 0.05) is 68.0 Å². The first-order chi connectivity index (χ1) is 15.4. The van der Waals surface area contributed by atoms with Crippen LogP contribution in [-0.4, -0.2) is 57.0 Å². The molecule has 168 valence electrons. The summed E-state index contributed by atoms with van der Waals surface area (Å²) in [6.07, 6.45) is 9.28. The molecule has 5 heterocycles. The SMILES string of the molecule is Cn1ccc(N2C[C@@H](N)C3(CCN(c4cnc(Sc5ccnc(N)c5Cl)cn4)CC3)C2)n1. The summed E-state index contributed by atoms with van der Waals surface area (Å²) in [5.41, 5.74) is 12.5. The molecule has 0 unspecified atom stereocenters. The highest BCUT2D eigenvalue weighted by Crippen LogP contribution is 2.41. The number of piperidine rings is 1. The van der Waals surface area contributed by atoms with Crippen molar-refractivity contribution >= 4 is 40.8 Å². The van der Waals surface area contributed by atoms with Crippen LogP contribution in [0.4, 0.5) is 17.5 Å². The fourth-order valence-electron chi connectivity index (χ4n) is 4.61. The molecule has 0 radical (unpaired) electrons. The first-order valence-corrected chi connectivity index (χ1v) is 11.8. The van der Waals surface area contributed by atoms with Gasteiger partial charge in [-0.1, -0.05) is 23.4 Å². The molecule has 0 aromatic carbocycles. The summed E-state index contributed by atoms with van der Waals surface area (Å²) in [4.78, 5) is 18.6. The number of halogens is 1. The Morgan fingerprint density at radius 3 is 2.59 bits per heavy atom. The van der Waals surface area contributed by atoms with E-state index in [0.29, 0.717) is 10.8 Å². The highest BCUT2D eigenvalue weighted by molar-refractivity contribution is 7.99. The van der Waals surface area contributed by atoms with E-state index in [1.807, 2.05) is 30.2 Å². The third-order valence-electron chi connectivity index (χ3n) is 6.53. The second-order valence-electron chi connectivity index (χ2n) is 8.51. The number of nitrogens with two attached hydrogens (primary N) is 2. The van der Waals surface area contributed by atoms with Crippen LogP contribution in [0, 0.1) is 5.41 Å². The number of hydrogen-bond donors (Lipinski definition) is 2. The summed E-state index contributed by atoms with van der Waals surface area (Å²) in [7, 11) is 1.94. The Balaban J connectivity index is 1.22. The maximum absolute atomic E-state index is 6.63. The lowest BCUT2D eigenvalue weighted by molar-refractivity contribution is 0.220. The standard InChI is InChI=1S/C21H26ClN9S/c1-29-7-3-16(28-29)31-12-15(23)21(13-31)4-8-30(9-5-21)17-10-27-18(11-26-17)32-14-2-6-25-20(24)19(14)22/h2-3,6-7,10-11,15H,4-5,8-9,12-13,23H2,1H3,(H2,24,25)/t15-/m1/s1. The van der Waals surface area contributed by atoms with Crippen molar-refractivity contribution in [3.05, 3.63) is 41.9 Å². The van der Waals surface area contributed by atoms with Gasteiger partial charge >= 0.3 is 0 Å². The number of hydrogen-bond acceptors (Lipinski definition) is 9. The lowest BCUT2D eigenvalue weighted by atomic mass is 9.75. The maximum Gasteiger partial charge on any atom is 0.150 e. The van der Waals surface area contributed by atoms with Crippen molar-refractivity contribution in [3.63, 3.8) is 0 Å². The van der Waals surface area contributed by atoms with E-state index < -0.39 is 0 Å². The molecule has 2 fully saturated rings. The Morgan fingerprint density at radius 2 is 1.91 bits per heavy atom. The van der Waals surface area contributed by atoms with Crippen molar-refractivity contribution in [2.75, 3.05) is 41.7 Å². The second kappa shape index (κ2) is 8.42. The zero-order valence-corrected chi connectivity index (χ0v) is 19.4. The maximum atomic E-state index is 6.63. The molecule has 0 saturated carbocycles. The van der Waals surface area contributed by atoms with Gasteiger partial charge in [0.15, 0.2) is 5.82 Å². The smallest absolute Gasteiger partial charge is 0.150 e. The molecule has 9 nitrogen and oxygen atoms in total. The molecule has 4 N–H and O–H groups in total. The Hall–Kier alpha value is -2.56. The van der Waals surface area contributed by atoms with Gasteiger partial charge in [0.2, 0.25) is 0 Å². The number of pyridine rings is 1. The third-order valence-corrected chi connectivity index (χ3v) is 8.02. The van der Waals surface area contributed by atoms with Crippen molar-refractivity contribution in [2.45, 2.75) is 28.8 Å². The zero-order chi connectivity index (χ0) is 22.3. The lowest BCUT2D eigenvalue weighted by Crippen LogP contribution is -2.49. The van der Waals surface area contributed by atoms with Crippen LogP contribution >= 0.6 is 23.4 Å². The quantitative estimate of drug-likeness (QED) is 0.591. The Kier molecular flexibility index (Phi) is 5.60. The summed E-state index contributed by atoms with van der Waals surface area (Å²) >= 11 is 7.66. The zero-order valence-electron chi connectivity index (χ0n) is 17.9. The molecule has 1 atom stereocenters. The van der Waals surface area contributed by atoms with Gasteiger partial charge in [-0.2, -0.15) is 5.10 Å². The fraction of sp³-hybridized carbons (Fsp3) is 0.429. The van der Waals surface area contributed by atoms with E-state index in [2.05, 4.69) is 35.9 Å². The average Bonchev–Trinajstić information content (AvgIpc) is 3.36. The lowest BCUT2D eigenvalue weighted by Gasteiger charge is -2.41. The minimum atomic E-state index is 0.120. The molecule has 5 rings (SSSR count). The molecular weight excluding hydrogens is 446 g/mol. The molecule has 32 heavy (non-hydrogen) atoms. The highest BCUT2D eigenvalue weighted by atomic mass is 35.5. The van der Waals surface area contributed by atoms with Gasteiger partial charge in [0.25, 0.3) is 0 Å². The van der Waals surface area contributed by atoms with Gasteiger partial charge in [-0.15, -0.1) is 0 Å². The van der Waals surface area contributed by atoms with E-state index in [1.165, 1.54) is 11.8 Å². The van der Waals surface area contributed by atoms with E-state index in [1.54, 1.807) is 12.4 Å². The molecule has 3 aromatic rings. The van der Waals surface area contributed by atoms with Gasteiger partial charge in [0.05, 0.1) is 17.4 Å². The van der Waals surface area contributed by atoms with Crippen LogP contribution in [0.25, 0.3) is 0 Å². The Morgan fingerprint density at radius 1 is 1.09 bits per heavy atom. The van der Waals surface area contributed by atoms with Gasteiger partial charge in [-0.3, -0.25) is 4.68 Å². The van der Waals surface area contributed by atoms with Crippen molar-refractivity contribution in [3.8, 4) is 0 Å². The minimum Gasteiger partial charge on any atom is -0.382 e. The largest absolute Gasteiger partial charge is 0.382 e. The molecule has 3 aromatic heterocycles. The van der Waals surface area contributed by atoms with Crippen molar-refractivity contribution in [1.82, 2.24) is 24.7 Å². The molecule has 0 amide bonds. The summed E-state index contributed by atoms with van der Waals surface area (Å²) in [6.45, 7) is 3.64. The highest BCUT2D eigenvalue weighted by Gasteiger charge is 2.47. The topological polar surface area (TPSA) is 115 Å². The Labute approximate surface area is 196 Å². The van der Waals surface area contributed by atoms with Crippen LogP contribution in [-0.2, 0) is 7.05 Å². The number of rotatable bonds is 4. The molecule has 1 spiro atoms. The number of aromatic nitrogens is 5. The molecular formula is C21H26ClN9S. The normalized spacial score (nSPS) is 20.3. The first-order valence-electron chi connectivity index (χ1n) is 10.6. The van der Waals surface area contributed by atoms with Gasteiger partial charge in [0.1, 0.15) is 16.7 Å². The van der Waals surface area contributed by atoms with Gasteiger partial charge < -0.3 is 21.3 Å². The molecule has 2 saturated heterocycles. The van der Waals surface area contributed by atoms with Crippen LogP contribution in [0.15, 0.2) is 46.8 Å².